The number of piperazine rings is 1. The molecule has 2 aromatic rings. The molecule has 168 valence electrons. The zero-order valence-corrected chi connectivity index (χ0v) is 18.6. The molecule has 0 unspecified atom stereocenters. The van der Waals surface area contributed by atoms with Crippen LogP contribution in [0.5, 0.6) is 5.75 Å². The van der Waals surface area contributed by atoms with Crippen LogP contribution in [0.1, 0.15) is 12.8 Å². The number of benzene rings is 2. The summed E-state index contributed by atoms with van der Waals surface area (Å²) in [6.07, 6.45) is 0.709. The number of hydrogen-bond acceptors (Lipinski definition) is 5. The van der Waals surface area contributed by atoms with Crippen molar-refractivity contribution in [2.45, 2.75) is 17.7 Å². The van der Waals surface area contributed by atoms with E-state index < -0.39 is 15.8 Å². The molecule has 3 rings (SSSR count). The van der Waals surface area contributed by atoms with Gasteiger partial charge in [0.1, 0.15) is 11.6 Å². The van der Waals surface area contributed by atoms with Crippen LogP contribution in [0, 0.1) is 5.82 Å². The van der Waals surface area contributed by atoms with Crippen LogP contribution >= 0.6 is 0 Å². The predicted octanol–water partition coefficient (Wildman–Crippen LogP) is 2.58. The lowest BCUT2D eigenvalue weighted by molar-refractivity contribution is -0.131. The van der Waals surface area contributed by atoms with Crippen molar-refractivity contribution in [2.75, 3.05) is 51.8 Å². The lowest BCUT2D eigenvalue weighted by Gasteiger charge is -2.36. The van der Waals surface area contributed by atoms with Crippen molar-refractivity contribution in [3.63, 3.8) is 0 Å². The summed E-state index contributed by atoms with van der Waals surface area (Å²) in [4.78, 5) is 16.6. The van der Waals surface area contributed by atoms with Gasteiger partial charge in [-0.05, 0) is 55.0 Å². The number of carbonyl (C=O) groups is 1. The highest BCUT2D eigenvalue weighted by molar-refractivity contribution is 7.89. The minimum Gasteiger partial charge on any atom is -0.497 e. The SMILES string of the molecule is COc1ccc(N2CCN(C(=O)CCCN(C)S(=O)(=O)c3ccc(F)cc3)CC2)cc1. The number of halogens is 1. The lowest BCUT2D eigenvalue weighted by Crippen LogP contribution is -2.48. The van der Waals surface area contributed by atoms with E-state index >= 15 is 0 Å². The summed E-state index contributed by atoms with van der Waals surface area (Å²) in [6.45, 7) is 2.98. The van der Waals surface area contributed by atoms with Gasteiger partial charge in [-0.15, -0.1) is 0 Å². The Morgan fingerprint density at radius 3 is 2.23 bits per heavy atom. The molecule has 0 aromatic heterocycles. The van der Waals surface area contributed by atoms with Gasteiger partial charge in [0.2, 0.25) is 15.9 Å². The fourth-order valence-electron chi connectivity index (χ4n) is 3.52. The van der Waals surface area contributed by atoms with Gasteiger partial charge in [0.15, 0.2) is 0 Å². The summed E-state index contributed by atoms with van der Waals surface area (Å²) in [5, 5.41) is 0. The van der Waals surface area contributed by atoms with Crippen LogP contribution in [0.2, 0.25) is 0 Å². The van der Waals surface area contributed by atoms with Gasteiger partial charge in [-0.2, -0.15) is 0 Å². The second-order valence-electron chi connectivity index (χ2n) is 7.45. The second kappa shape index (κ2) is 10.1. The molecule has 0 atom stereocenters. The summed E-state index contributed by atoms with van der Waals surface area (Å²) in [7, 11) is -0.592. The number of carbonyl (C=O) groups excluding carboxylic acids is 1. The van der Waals surface area contributed by atoms with E-state index in [1.54, 1.807) is 7.11 Å². The van der Waals surface area contributed by atoms with Gasteiger partial charge in [0.25, 0.3) is 0 Å². The Morgan fingerprint density at radius 2 is 1.65 bits per heavy atom. The molecular formula is C22H28FN3O4S. The van der Waals surface area contributed by atoms with Crippen LogP contribution in [-0.2, 0) is 14.8 Å². The van der Waals surface area contributed by atoms with Crippen molar-refractivity contribution in [1.29, 1.82) is 0 Å². The van der Waals surface area contributed by atoms with Gasteiger partial charge < -0.3 is 14.5 Å². The first-order valence-corrected chi connectivity index (χ1v) is 11.6. The minimum absolute atomic E-state index is 0.0296. The number of amides is 1. The maximum atomic E-state index is 13.0. The van der Waals surface area contributed by atoms with Crippen LogP contribution in [0.25, 0.3) is 0 Å². The maximum absolute atomic E-state index is 13.0. The van der Waals surface area contributed by atoms with E-state index in [9.17, 15) is 17.6 Å². The number of rotatable bonds is 8. The Labute approximate surface area is 183 Å². The predicted molar refractivity (Wildman–Crippen MR) is 117 cm³/mol. The number of anilines is 1. The first-order valence-electron chi connectivity index (χ1n) is 10.2. The smallest absolute Gasteiger partial charge is 0.242 e. The zero-order chi connectivity index (χ0) is 22.4. The fourth-order valence-corrected chi connectivity index (χ4v) is 4.73. The van der Waals surface area contributed by atoms with Crippen LogP contribution in [0.4, 0.5) is 10.1 Å². The molecular weight excluding hydrogens is 421 g/mol. The number of hydrogen-bond donors (Lipinski definition) is 0. The van der Waals surface area contributed by atoms with E-state index in [2.05, 4.69) is 4.90 Å². The summed E-state index contributed by atoms with van der Waals surface area (Å²) in [5.74, 6) is 0.352. The Hall–Kier alpha value is -2.65. The molecule has 9 heteroatoms. The van der Waals surface area contributed by atoms with E-state index in [1.807, 2.05) is 29.2 Å². The molecule has 0 aliphatic carbocycles. The highest BCUT2D eigenvalue weighted by Gasteiger charge is 2.23. The maximum Gasteiger partial charge on any atom is 0.242 e. The van der Waals surface area contributed by atoms with Gasteiger partial charge >= 0.3 is 0 Å². The van der Waals surface area contributed by atoms with Gasteiger partial charge in [-0.25, -0.2) is 17.1 Å². The van der Waals surface area contributed by atoms with Gasteiger partial charge in [0.05, 0.1) is 12.0 Å². The normalized spacial score (nSPS) is 14.7. The van der Waals surface area contributed by atoms with Crippen molar-refractivity contribution in [2.24, 2.45) is 0 Å². The average molecular weight is 450 g/mol. The van der Waals surface area contributed by atoms with Crippen LogP contribution in [-0.4, -0.2) is 70.4 Å². The number of sulfonamides is 1. The molecule has 0 bridgehead atoms. The number of methoxy groups -OCH3 is 1. The van der Waals surface area contributed by atoms with Crippen molar-refractivity contribution < 1.29 is 22.3 Å². The minimum atomic E-state index is -3.70. The molecule has 1 aliphatic rings. The Balaban J connectivity index is 1.44. The van der Waals surface area contributed by atoms with Gasteiger partial charge in [-0.3, -0.25) is 4.79 Å². The first kappa shape index (κ1) is 23.0. The molecule has 31 heavy (non-hydrogen) atoms. The molecule has 2 aromatic carbocycles. The highest BCUT2D eigenvalue weighted by Crippen LogP contribution is 2.21. The third-order valence-corrected chi connectivity index (χ3v) is 7.33. The molecule has 0 spiro atoms. The quantitative estimate of drug-likeness (QED) is 0.620. The summed E-state index contributed by atoms with van der Waals surface area (Å²) in [6, 6.07) is 12.6. The van der Waals surface area contributed by atoms with Gasteiger partial charge in [0, 0.05) is 51.9 Å². The Kier molecular flexibility index (Phi) is 7.50. The first-order chi connectivity index (χ1) is 14.8. The molecule has 1 fully saturated rings. The fraction of sp³-hybridized carbons (Fsp3) is 0.409. The van der Waals surface area contributed by atoms with E-state index in [-0.39, 0.29) is 23.8 Å². The Bertz CT molecular complexity index is 973. The third kappa shape index (κ3) is 5.74. The van der Waals surface area contributed by atoms with Crippen LogP contribution in [0.3, 0.4) is 0 Å². The van der Waals surface area contributed by atoms with Crippen molar-refractivity contribution in [3.8, 4) is 5.75 Å². The second-order valence-corrected chi connectivity index (χ2v) is 9.49. The number of nitrogens with zero attached hydrogens (tertiary/aromatic N) is 3. The van der Waals surface area contributed by atoms with Crippen molar-refractivity contribution in [3.05, 3.63) is 54.3 Å². The number of ether oxygens (including phenoxy) is 1. The van der Waals surface area contributed by atoms with E-state index in [0.29, 0.717) is 19.5 Å². The van der Waals surface area contributed by atoms with Gasteiger partial charge in [-0.1, -0.05) is 0 Å². The van der Waals surface area contributed by atoms with Crippen molar-refractivity contribution in [1.82, 2.24) is 9.21 Å². The molecule has 0 N–H and O–H groups in total. The third-order valence-electron chi connectivity index (χ3n) is 5.46. The zero-order valence-electron chi connectivity index (χ0n) is 17.8. The van der Waals surface area contributed by atoms with E-state index in [0.717, 1.165) is 36.7 Å². The van der Waals surface area contributed by atoms with Crippen molar-refractivity contribution >= 4 is 21.6 Å². The largest absolute Gasteiger partial charge is 0.497 e. The molecule has 1 saturated heterocycles. The molecule has 1 heterocycles. The monoisotopic (exact) mass is 449 g/mol. The molecule has 7 nitrogen and oxygen atoms in total. The molecule has 0 radical (unpaired) electrons. The van der Waals surface area contributed by atoms with E-state index in [4.69, 9.17) is 4.74 Å². The highest BCUT2D eigenvalue weighted by atomic mass is 32.2. The molecule has 1 aliphatic heterocycles. The standard InChI is InChI=1S/C22H28FN3O4S/c1-24(31(28,29)21-11-5-18(23)6-12-21)13-3-4-22(27)26-16-14-25(15-17-26)19-7-9-20(30-2)10-8-19/h5-12H,3-4,13-17H2,1-2H3. The molecule has 1 amide bonds. The topological polar surface area (TPSA) is 70.2 Å². The van der Waals surface area contributed by atoms with Crippen LogP contribution in [0.15, 0.2) is 53.4 Å². The lowest BCUT2D eigenvalue weighted by atomic mass is 10.2. The summed E-state index contributed by atoms with van der Waals surface area (Å²) in [5.41, 5.74) is 1.10. The average Bonchev–Trinajstić information content (AvgIpc) is 2.79. The summed E-state index contributed by atoms with van der Waals surface area (Å²) < 4.78 is 44.5. The van der Waals surface area contributed by atoms with E-state index in [1.165, 1.54) is 23.5 Å². The molecule has 0 saturated carbocycles. The van der Waals surface area contributed by atoms with Crippen LogP contribution < -0.4 is 9.64 Å². The Morgan fingerprint density at radius 1 is 1.03 bits per heavy atom. The summed E-state index contributed by atoms with van der Waals surface area (Å²) >= 11 is 0.